The molecule has 0 atom stereocenters. The van der Waals surface area contributed by atoms with Crippen LogP contribution in [0.1, 0.15) is 55.6 Å². The average molecular weight is 1290 g/mol. The highest BCUT2D eigenvalue weighted by atomic mass is 19.4. The Bertz CT molecular complexity index is 5190. The number of nitriles is 1. The summed E-state index contributed by atoms with van der Waals surface area (Å²) in [6, 6.07) is 33.9. The Morgan fingerprint density at radius 2 is 0.720 bits per heavy atom. The van der Waals surface area contributed by atoms with E-state index in [1.807, 2.05) is 0 Å². The van der Waals surface area contributed by atoms with Crippen LogP contribution in [0.5, 0.6) is 0 Å². The van der Waals surface area contributed by atoms with Crippen LogP contribution in [0, 0.1) is 38.7 Å². The first-order chi connectivity index (χ1) is 43.5. The molecule has 93 heavy (non-hydrogen) atoms. The van der Waals surface area contributed by atoms with Crippen LogP contribution < -0.4 is 0 Å². The van der Waals surface area contributed by atoms with E-state index in [0.29, 0.717) is 24.3 Å². The summed E-state index contributed by atoms with van der Waals surface area (Å²) in [5, 5.41) is 12.8. The summed E-state index contributed by atoms with van der Waals surface area (Å²) in [5.41, 5.74) is -11.7. The molecule has 0 N–H and O–H groups in total. The van der Waals surface area contributed by atoms with Gasteiger partial charge in [0.25, 0.3) is 0 Å². The number of hydrogen-bond acceptors (Lipinski definition) is 1. The second-order valence-corrected chi connectivity index (χ2v) is 22.3. The first-order valence-corrected chi connectivity index (χ1v) is 27.7. The zero-order chi connectivity index (χ0) is 67.0. The molecule has 0 aliphatic heterocycles. The molecule has 2 aromatic heterocycles. The van der Waals surface area contributed by atoms with Gasteiger partial charge in [-0.25, -0.2) is 4.85 Å². The van der Waals surface area contributed by atoms with Crippen molar-refractivity contribution >= 4 is 49.3 Å². The summed E-state index contributed by atoms with van der Waals surface area (Å²) >= 11 is 0. The molecule has 12 aromatic rings. The van der Waals surface area contributed by atoms with E-state index in [1.165, 1.54) is 133 Å². The Hall–Kier alpha value is -10.5. The number of aromatic nitrogens is 2. The Morgan fingerprint density at radius 3 is 1.12 bits per heavy atom. The molecule has 0 spiro atoms. The molecule has 12 rings (SSSR count). The monoisotopic (exact) mass is 1290 g/mol. The van der Waals surface area contributed by atoms with Gasteiger partial charge >= 0.3 is 37.1 Å². The maximum absolute atomic E-state index is 15.1. The quantitative estimate of drug-likeness (QED) is 0.116. The average Bonchev–Trinajstić information content (AvgIpc) is 1.56. The molecule has 2 heterocycles. The molecule has 0 radical (unpaired) electrons. The van der Waals surface area contributed by atoms with Gasteiger partial charge in [0.15, 0.2) is 5.69 Å². The predicted molar refractivity (Wildman–Crippen MR) is 318 cm³/mol. The minimum absolute atomic E-state index is 0.0269. The van der Waals surface area contributed by atoms with Crippen LogP contribution in [0.4, 0.5) is 84.7 Å². The van der Waals surface area contributed by atoms with Crippen molar-refractivity contribution in [2.45, 2.75) is 57.8 Å². The Labute approximate surface area is 514 Å². The molecule has 0 bridgehead atoms. The largest absolute Gasteiger partial charge is 0.417 e. The highest BCUT2D eigenvalue weighted by Crippen LogP contribution is 2.50. The van der Waals surface area contributed by atoms with Crippen LogP contribution >= 0.6 is 0 Å². The van der Waals surface area contributed by atoms with Crippen LogP contribution in [-0.4, -0.2) is 9.13 Å². The van der Waals surface area contributed by atoms with Gasteiger partial charge in [-0.2, -0.15) is 84.3 Å². The van der Waals surface area contributed by atoms with Crippen molar-refractivity contribution < 1.29 is 79.0 Å². The number of alkyl halides is 18. The van der Waals surface area contributed by atoms with E-state index in [9.17, 15) is 31.6 Å². The number of aryl methyl sites for hydroxylation is 3. The van der Waals surface area contributed by atoms with Crippen molar-refractivity contribution in [1.29, 1.82) is 5.26 Å². The first kappa shape index (κ1) is 62.7. The smallest absolute Gasteiger partial charge is 0.308 e. The van der Waals surface area contributed by atoms with Crippen molar-refractivity contribution in [2.75, 3.05) is 0 Å². The number of rotatable bonds is 7. The lowest BCUT2D eigenvalue weighted by Gasteiger charge is -2.22. The van der Waals surface area contributed by atoms with Crippen molar-refractivity contribution in [3.05, 3.63) is 243 Å². The minimum atomic E-state index is -5.42. The van der Waals surface area contributed by atoms with Gasteiger partial charge in [0, 0.05) is 32.7 Å². The van der Waals surface area contributed by atoms with Crippen LogP contribution in [0.25, 0.3) is 115 Å². The molecule has 0 saturated carbocycles. The van der Waals surface area contributed by atoms with Gasteiger partial charge in [0.2, 0.25) is 0 Å². The second-order valence-electron chi connectivity index (χ2n) is 22.3. The van der Waals surface area contributed by atoms with Crippen LogP contribution in [0.15, 0.2) is 176 Å². The number of hydrogen-bond donors (Lipinski definition) is 0. The zero-order valence-electron chi connectivity index (χ0n) is 47.8. The van der Waals surface area contributed by atoms with E-state index in [4.69, 9.17) is 6.57 Å². The molecule has 0 fully saturated rings. The number of fused-ring (bicyclic) bond motifs is 6. The number of benzene rings is 10. The Morgan fingerprint density at radius 1 is 0.344 bits per heavy atom. The molecule has 0 aliphatic rings. The Kier molecular flexibility index (Phi) is 14.7. The van der Waals surface area contributed by atoms with Gasteiger partial charge in [0.05, 0.1) is 67.8 Å². The normalized spacial score (nSPS) is 12.8. The topological polar surface area (TPSA) is 38.0 Å². The van der Waals surface area contributed by atoms with Crippen molar-refractivity contribution in [2.24, 2.45) is 0 Å². The maximum Gasteiger partial charge on any atom is 0.417 e. The molecule has 0 saturated heterocycles. The fraction of sp³-hybridized carbons (Fsp3) is 0.127. The lowest BCUT2D eigenvalue weighted by atomic mass is 9.95. The van der Waals surface area contributed by atoms with E-state index in [0.717, 1.165) is 42.5 Å². The molecule has 0 aliphatic carbocycles. The summed E-state index contributed by atoms with van der Waals surface area (Å²) in [6.45, 7) is 12.1. The summed E-state index contributed by atoms with van der Waals surface area (Å²) < 4.78 is 268. The van der Waals surface area contributed by atoms with Crippen LogP contribution in [0.3, 0.4) is 0 Å². The van der Waals surface area contributed by atoms with Crippen LogP contribution in [-0.2, 0) is 37.1 Å². The van der Waals surface area contributed by atoms with Crippen molar-refractivity contribution in [3.8, 4) is 73.1 Å². The lowest BCUT2D eigenvalue weighted by molar-refractivity contribution is -0.143. The van der Waals surface area contributed by atoms with Crippen molar-refractivity contribution in [1.82, 2.24) is 9.13 Å². The molecule has 468 valence electrons. The van der Waals surface area contributed by atoms with E-state index < -0.39 is 87.3 Å². The fourth-order valence-corrected chi connectivity index (χ4v) is 12.2. The minimum Gasteiger partial charge on any atom is -0.308 e. The third-order valence-corrected chi connectivity index (χ3v) is 16.4. The highest BCUT2D eigenvalue weighted by Gasteiger charge is 2.40. The standard InChI is InChI=1S/C71H38F18N4/c1-35-5-13-48(57(23-35)69(81,82)83)39-8-16-52-53-17-9-40(50-20-12-44(67(75,76)77)33-59(50)71(87,88)89)30-62(53)92(61(52)29-39)60-22-21-51(42-26-45(68(78,79)80)32-46(27-42)91-4)65(56(60)34-90)93-63-28-38(47-19-11-43(25-37(47)3)66(72,73)74)7-15-54(63)55-18-10-41(31-64(55)93)49-14-6-36(2)24-58(49)70(84,85)86/h5-33H,1-3H3. The molecular formula is C71H38F18N4. The van der Waals surface area contributed by atoms with Gasteiger partial charge in [-0.15, -0.1) is 0 Å². The van der Waals surface area contributed by atoms with E-state index in [-0.39, 0.29) is 128 Å². The van der Waals surface area contributed by atoms with E-state index in [2.05, 4.69) is 10.9 Å². The van der Waals surface area contributed by atoms with Crippen LogP contribution in [0.2, 0.25) is 0 Å². The summed E-state index contributed by atoms with van der Waals surface area (Å²) in [4.78, 5) is 3.29. The molecule has 10 aromatic carbocycles. The van der Waals surface area contributed by atoms with Gasteiger partial charge < -0.3 is 9.13 Å². The number of nitrogens with zero attached hydrogens (tertiary/aromatic N) is 4. The molecule has 0 amide bonds. The highest BCUT2D eigenvalue weighted by molar-refractivity contribution is 6.14. The number of halogens is 18. The predicted octanol–water partition coefficient (Wildman–Crippen LogP) is 23.7. The van der Waals surface area contributed by atoms with Gasteiger partial charge in [-0.3, -0.25) is 0 Å². The summed E-state index contributed by atoms with van der Waals surface area (Å²) in [5.74, 6) is 0. The maximum atomic E-state index is 15.1. The second kappa shape index (κ2) is 21.9. The molecule has 4 nitrogen and oxygen atoms in total. The third-order valence-electron chi connectivity index (χ3n) is 16.4. The Balaban J connectivity index is 1.27. The van der Waals surface area contributed by atoms with E-state index >= 15 is 52.7 Å². The molecule has 0 unspecified atom stereocenters. The SMILES string of the molecule is [C-]#[N+]c1cc(-c2ccc(-n3c4cc(-c5ccc(C)cc5C(F)(F)F)ccc4c4ccc(-c5ccc(C(F)(F)F)cc5C(F)(F)F)cc43)c(C#N)c2-n2c3cc(-c4ccc(C(F)(F)F)cc4C)ccc3c3ccc(-c4ccc(C)cc4C(F)(F)F)cc32)cc(C(F)(F)F)c1. The molecular weight excluding hydrogens is 1250 g/mol. The third kappa shape index (κ3) is 11.2. The zero-order valence-corrected chi connectivity index (χ0v) is 47.8. The van der Waals surface area contributed by atoms with Crippen molar-refractivity contribution in [3.63, 3.8) is 0 Å². The van der Waals surface area contributed by atoms with E-state index in [1.54, 1.807) is 0 Å². The summed E-state index contributed by atoms with van der Waals surface area (Å²) in [7, 11) is 0. The van der Waals surface area contributed by atoms with Gasteiger partial charge in [0.1, 0.15) is 11.6 Å². The lowest BCUT2D eigenvalue weighted by Crippen LogP contribution is -2.12. The molecule has 22 heteroatoms. The van der Waals surface area contributed by atoms with Gasteiger partial charge in [-0.05, 0) is 161 Å². The van der Waals surface area contributed by atoms with Gasteiger partial charge in [-0.1, -0.05) is 102 Å². The fourth-order valence-electron chi connectivity index (χ4n) is 12.2. The summed E-state index contributed by atoms with van der Waals surface area (Å²) in [6.07, 6.45) is -30.5. The first-order valence-electron chi connectivity index (χ1n) is 27.7.